The summed E-state index contributed by atoms with van der Waals surface area (Å²) in [5, 5.41) is 2.72. The van der Waals surface area contributed by atoms with Crippen LogP contribution in [0.5, 0.6) is 5.75 Å². The van der Waals surface area contributed by atoms with Gasteiger partial charge in [0.05, 0.1) is 12.2 Å². The molecule has 0 saturated heterocycles. The smallest absolute Gasteiger partial charge is 0.268 e. The van der Waals surface area contributed by atoms with Gasteiger partial charge in [-0.15, -0.1) is 0 Å². The second-order valence-electron chi connectivity index (χ2n) is 6.92. The molecule has 0 saturated carbocycles. The molecule has 3 aromatic rings. The highest BCUT2D eigenvalue weighted by Crippen LogP contribution is 2.37. The number of hydrogen-bond donors (Lipinski definition) is 1. The number of anilines is 2. The number of amides is 2. The van der Waals surface area contributed by atoms with E-state index in [9.17, 15) is 18.4 Å². The van der Waals surface area contributed by atoms with Crippen molar-refractivity contribution in [3.63, 3.8) is 0 Å². The number of hydrogen-bond acceptors (Lipinski definition) is 3. The van der Waals surface area contributed by atoms with Gasteiger partial charge in [0.25, 0.3) is 11.8 Å². The van der Waals surface area contributed by atoms with Crippen LogP contribution in [0.1, 0.15) is 22.8 Å². The maximum Gasteiger partial charge on any atom is 0.268 e. The third kappa shape index (κ3) is 3.87. The number of fused-ring (bicyclic) bond motifs is 1. The number of carbonyl (C=O) groups excluding carboxylic acids is 2. The van der Waals surface area contributed by atoms with Crippen LogP contribution >= 0.6 is 0 Å². The van der Waals surface area contributed by atoms with Crippen molar-refractivity contribution >= 4 is 23.2 Å². The van der Waals surface area contributed by atoms with Crippen molar-refractivity contribution in [1.82, 2.24) is 0 Å². The van der Waals surface area contributed by atoms with Crippen molar-refractivity contribution in [2.75, 3.05) is 10.2 Å². The summed E-state index contributed by atoms with van der Waals surface area (Å²) in [5.74, 6) is -1.13. The molecule has 0 aliphatic carbocycles. The Hall–Kier alpha value is -3.74. The van der Waals surface area contributed by atoms with Gasteiger partial charge < -0.3 is 15.0 Å². The second kappa shape index (κ2) is 7.94. The first-order valence-electron chi connectivity index (χ1n) is 9.35. The molecule has 1 atom stereocenters. The quantitative estimate of drug-likeness (QED) is 0.690. The molecular formula is C23H18F2N2O3. The number of halogens is 2. The van der Waals surface area contributed by atoms with Crippen LogP contribution in [0.25, 0.3) is 0 Å². The molecular weight excluding hydrogens is 390 g/mol. The molecule has 1 N–H and O–H groups in total. The SMILES string of the molecule is CC1Oc2ccc(NC(=O)c3ccc(F)cc3)cc2N(Cc2ccccc2F)C1=O. The van der Waals surface area contributed by atoms with E-state index in [4.69, 9.17) is 4.74 Å². The van der Waals surface area contributed by atoms with Crippen LogP contribution in [0.4, 0.5) is 20.2 Å². The molecule has 0 aromatic heterocycles. The predicted octanol–water partition coefficient (Wildman–Crippen LogP) is 4.53. The fraction of sp³-hybridized carbons (Fsp3) is 0.130. The van der Waals surface area contributed by atoms with E-state index in [-0.39, 0.29) is 12.5 Å². The molecule has 2 amide bonds. The van der Waals surface area contributed by atoms with Gasteiger partial charge >= 0.3 is 0 Å². The van der Waals surface area contributed by atoms with Crippen LogP contribution in [0.2, 0.25) is 0 Å². The summed E-state index contributed by atoms with van der Waals surface area (Å²) in [6.45, 7) is 1.66. The zero-order chi connectivity index (χ0) is 21.3. The van der Waals surface area contributed by atoms with Crippen LogP contribution in [-0.2, 0) is 11.3 Å². The van der Waals surface area contributed by atoms with Crippen LogP contribution in [0.15, 0.2) is 66.7 Å². The number of rotatable bonds is 4. The van der Waals surface area contributed by atoms with Gasteiger partial charge in [0.1, 0.15) is 17.4 Å². The minimum absolute atomic E-state index is 0.0293. The van der Waals surface area contributed by atoms with E-state index in [1.54, 1.807) is 43.3 Å². The van der Waals surface area contributed by atoms with Gasteiger partial charge in [-0.05, 0) is 55.5 Å². The fourth-order valence-electron chi connectivity index (χ4n) is 3.25. The lowest BCUT2D eigenvalue weighted by atomic mass is 10.1. The molecule has 1 unspecified atom stereocenters. The molecule has 4 rings (SSSR count). The Bertz CT molecular complexity index is 1120. The van der Waals surface area contributed by atoms with Crippen LogP contribution < -0.4 is 15.0 Å². The average molecular weight is 408 g/mol. The highest BCUT2D eigenvalue weighted by atomic mass is 19.1. The van der Waals surface area contributed by atoms with Crippen molar-refractivity contribution in [2.24, 2.45) is 0 Å². The summed E-state index contributed by atoms with van der Waals surface area (Å²) in [6.07, 6.45) is -0.719. The third-order valence-electron chi connectivity index (χ3n) is 4.82. The number of ether oxygens (including phenoxy) is 1. The summed E-state index contributed by atoms with van der Waals surface area (Å²) in [7, 11) is 0. The minimum atomic E-state index is -0.719. The first-order chi connectivity index (χ1) is 14.4. The number of nitrogens with zero attached hydrogens (tertiary/aromatic N) is 1. The number of carbonyl (C=O) groups is 2. The van der Waals surface area contributed by atoms with Crippen LogP contribution in [0.3, 0.4) is 0 Å². The van der Waals surface area contributed by atoms with Gasteiger partial charge in [-0.2, -0.15) is 0 Å². The maximum absolute atomic E-state index is 14.2. The van der Waals surface area contributed by atoms with Crippen molar-refractivity contribution in [2.45, 2.75) is 19.6 Å². The molecule has 0 bridgehead atoms. The van der Waals surface area contributed by atoms with Crippen molar-refractivity contribution < 1.29 is 23.1 Å². The lowest BCUT2D eigenvalue weighted by molar-refractivity contribution is -0.125. The Balaban J connectivity index is 1.64. The fourth-order valence-corrected chi connectivity index (χ4v) is 3.25. The second-order valence-corrected chi connectivity index (χ2v) is 6.92. The Labute approximate surface area is 171 Å². The highest BCUT2D eigenvalue weighted by molar-refractivity contribution is 6.05. The maximum atomic E-state index is 14.2. The Morgan fingerprint density at radius 3 is 2.53 bits per heavy atom. The molecule has 0 radical (unpaired) electrons. The zero-order valence-electron chi connectivity index (χ0n) is 16.1. The van der Waals surface area contributed by atoms with Crippen molar-refractivity contribution in [3.8, 4) is 5.75 Å². The predicted molar refractivity (Wildman–Crippen MR) is 108 cm³/mol. The van der Waals surface area contributed by atoms with Gasteiger partial charge in [0.15, 0.2) is 6.10 Å². The number of benzene rings is 3. The van der Waals surface area contributed by atoms with Crippen LogP contribution in [0, 0.1) is 11.6 Å². The molecule has 0 spiro atoms. The van der Waals surface area contributed by atoms with E-state index in [1.807, 2.05) is 0 Å². The van der Waals surface area contributed by atoms with E-state index < -0.39 is 23.6 Å². The van der Waals surface area contributed by atoms with Crippen molar-refractivity contribution in [1.29, 1.82) is 0 Å². The van der Waals surface area contributed by atoms with E-state index >= 15 is 0 Å². The Kier molecular flexibility index (Phi) is 5.18. The van der Waals surface area contributed by atoms with E-state index in [0.29, 0.717) is 28.3 Å². The van der Waals surface area contributed by atoms with Gasteiger partial charge in [0.2, 0.25) is 0 Å². The van der Waals surface area contributed by atoms with Gasteiger partial charge in [-0.25, -0.2) is 8.78 Å². The normalized spacial score (nSPS) is 15.4. The topological polar surface area (TPSA) is 58.6 Å². The van der Waals surface area contributed by atoms with Crippen LogP contribution in [-0.4, -0.2) is 17.9 Å². The summed E-state index contributed by atoms with van der Waals surface area (Å²) in [5.41, 5.74) is 1.51. The average Bonchev–Trinajstić information content (AvgIpc) is 2.73. The molecule has 1 aliphatic heterocycles. The third-order valence-corrected chi connectivity index (χ3v) is 4.82. The monoisotopic (exact) mass is 408 g/mol. The molecule has 3 aromatic carbocycles. The first-order valence-corrected chi connectivity index (χ1v) is 9.35. The van der Waals surface area contributed by atoms with Gasteiger partial charge in [-0.1, -0.05) is 18.2 Å². The molecule has 0 fully saturated rings. The summed E-state index contributed by atoms with van der Waals surface area (Å²) in [4.78, 5) is 26.6. The van der Waals surface area contributed by atoms with E-state index in [2.05, 4.69) is 5.32 Å². The highest BCUT2D eigenvalue weighted by Gasteiger charge is 2.32. The Morgan fingerprint density at radius 1 is 1.07 bits per heavy atom. The minimum Gasteiger partial charge on any atom is -0.479 e. The zero-order valence-corrected chi connectivity index (χ0v) is 16.1. The van der Waals surface area contributed by atoms with Crippen molar-refractivity contribution in [3.05, 3.63) is 89.5 Å². The molecule has 1 heterocycles. The number of nitrogens with one attached hydrogen (secondary N) is 1. The molecule has 5 nitrogen and oxygen atoms in total. The molecule has 152 valence electrons. The Morgan fingerprint density at radius 2 is 1.80 bits per heavy atom. The standard InChI is InChI=1S/C23H18F2N2O3/c1-14-23(29)27(13-16-4-2-3-5-19(16)25)20-12-18(10-11-21(20)30-14)26-22(28)15-6-8-17(24)9-7-15/h2-12,14H,13H2,1H3,(H,26,28). The molecule has 30 heavy (non-hydrogen) atoms. The molecule has 7 heteroatoms. The lowest BCUT2D eigenvalue weighted by Crippen LogP contribution is -2.44. The van der Waals surface area contributed by atoms with E-state index in [1.165, 1.54) is 35.2 Å². The van der Waals surface area contributed by atoms with Gasteiger partial charge in [0, 0.05) is 16.8 Å². The largest absolute Gasteiger partial charge is 0.479 e. The lowest BCUT2D eigenvalue weighted by Gasteiger charge is -2.33. The summed E-state index contributed by atoms with van der Waals surface area (Å²) < 4.78 is 32.9. The summed E-state index contributed by atoms with van der Waals surface area (Å²) in [6, 6.07) is 16.3. The van der Waals surface area contributed by atoms with E-state index in [0.717, 1.165) is 0 Å². The first kappa shape index (κ1) is 19.6. The van der Waals surface area contributed by atoms with Gasteiger partial charge in [-0.3, -0.25) is 9.59 Å². The molecule has 1 aliphatic rings. The summed E-state index contributed by atoms with van der Waals surface area (Å²) >= 11 is 0.